The zero-order chi connectivity index (χ0) is 12.7. The van der Waals surface area contributed by atoms with Gasteiger partial charge in [0.25, 0.3) is 0 Å². The van der Waals surface area contributed by atoms with Gasteiger partial charge < -0.3 is 10.2 Å². The van der Waals surface area contributed by atoms with Crippen molar-refractivity contribution < 1.29 is 0 Å². The molecule has 0 spiro atoms. The van der Waals surface area contributed by atoms with Crippen molar-refractivity contribution in [2.24, 2.45) is 0 Å². The number of hydrogen-bond acceptors (Lipinski definition) is 5. The molecule has 1 unspecified atom stereocenters. The molecule has 0 radical (unpaired) electrons. The molecule has 17 heavy (non-hydrogen) atoms. The van der Waals surface area contributed by atoms with E-state index in [1.807, 2.05) is 38.2 Å². The van der Waals surface area contributed by atoms with Crippen molar-refractivity contribution in [2.45, 2.75) is 13.0 Å². The van der Waals surface area contributed by atoms with Crippen LogP contribution in [0.4, 0.5) is 5.82 Å². The predicted octanol–water partition coefficient (Wildman–Crippen LogP) is 1.22. The van der Waals surface area contributed by atoms with E-state index in [9.17, 15) is 0 Å². The predicted molar refractivity (Wildman–Crippen MR) is 65.2 cm³/mol. The monoisotopic (exact) mass is 229 g/mol. The Bertz CT molecular complexity index is 427. The van der Waals surface area contributed by atoms with Crippen LogP contribution in [0.5, 0.6) is 0 Å². The van der Waals surface area contributed by atoms with Crippen molar-refractivity contribution in [3.05, 3.63) is 23.9 Å². The molecule has 1 aromatic heterocycles. The second-order valence-electron chi connectivity index (χ2n) is 3.60. The van der Waals surface area contributed by atoms with Gasteiger partial charge in [0, 0.05) is 17.8 Å². The maximum atomic E-state index is 8.77. The number of nitriles is 2. The number of nitrogens with zero attached hydrogens (tertiary/aromatic N) is 4. The Balaban J connectivity index is 3.10. The SMILES string of the molecule is CNC(C)c1cccnc1N(CC#N)CC#N. The van der Waals surface area contributed by atoms with E-state index in [1.165, 1.54) is 0 Å². The highest BCUT2D eigenvalue weighted by molar-refractivity contribution is 5.49. The van der Waals surface area contributed by atoms with E-state index in [4.69, 9.17) is 10.5 Å². The van der Waals surface area contributed by atoms with E-state index in [-0.39, 0.29) is 19.1 Å². The Hall–Kier alpha value is -2.11. The van der Waals surface area contributed by atoms with E-state index >= 15 is 0 Å². The fraction of sp³-hybridized carbons (Fsp3) is 0.417. The van der Waals surface area contributed by atoms with Gasteiger partial charge in [0.15, 0.2) is 0 Å². The van der Waals surface area contributed by atoms with Crippen molar-refractivity contribution in [1.82, 2.24) is 10.3 Å². The molecule has 1 aromatic rings. The second-order valence-corrected chi connectivity index (χ2v) is 3.60. The van der Waals surface area contributed by atoms with E-state index in [0.29, 0.717) is 5.82 Å². The van der Waals surface area contributed by atoms with Crippen molar-refractivity contribution in [3.8, 4) is 12.1 Å². The van der Waals surface area contributed by atoms with Crippen LogP contribution >= 0.6 is 0 Å². The van der Waals surface area contributed by atoms with Crippen LogP contribution in [0.3, 0.4) is 0 Å². The van der Waals surface area contributed by atoms with E-state index in [2.05, 4.69) is 10.3 Å². The molecule has 0 amide bonds. The minimum atomic E-state index is 0.124. The topological polar surface area (TPSA) is 75.7 Å². The van der Waals surface area contributed by atoms with Crippen LogP contribution in [-0.4, -0.2) is 25.1 Å². The third-order valence-electron chi connectivity index (χ3n) is 2.54. The summed E-state index contributed by atoms with van der Waals surface area (Å²) in [7, 11) is 1.86. The zero-order valence-corrected chi connectivity index (χ0v) is 10.0. The molecule has 1 heterocycles. The Morgan fingerprint density at radius 1 is 1.41 bits per heavy atom. The summed E-state index contributed by atoms with van der Waals surface area (Å²) in [5, 5.41) is 20.7. The number of rotatable bonds is 5. The quantitative estimate of drug-likeness (QED) is 0.768. The number of pyridine rings is 1. The van der Waals surface area contributed by atoms with Gasteiger partial charge in [0.2, 0.25) is 0 Å². The fourth-order valence-corrected chi connectivity index (χ4v) is 1.54. The number of aromatic nitrogens is 1. The molecule has 1 rings (SSSR count). The summed E-state index contributed by atoms with van der Waals surface area (Å²) in [5.74, 6) is 0.692. The first-order chi connectivity index (χ1) is 8.24. The lowest BCUT2D eigenvalue weighted by Crippen LogP contribution is -2.27. The number of anilines is 1. The first-order valence-electron chi connectivity index (χ1n) is 5.35. The molecule has 0 saturated heterocycles. The molecule has 0 aliphatic rings. The Labute approximate surface area is 101 Å². The van der Waals surface area contributed by atoms with Crippen LogP contribution in [0.25, 0.3) is 0 Å². The molecule has 1 N–H and O–H groups in total. The molecule has 0 aliphatic carbocycles. The van der Waals surface area contributed by atoms with Crippen LogP contribution in [-0.2, 0) is 0 Å². The summed E-state index contributed by atoms with van der Waals surface area (Å²) in [6.07, 6.45) is 1.67. The van der Waals surface area contributed by atoms with Crippen LogP contribution < -0.4 is 10.2 Å². The van der Waals surface area contributed by atoms with E-state index in [0.717, 1.165) is 5.56 Å². The molecule has 0 aromatic carbocycles. The smallest absolute Gasteiger partial charge is 0.135 e. The van der Waals surface area contributed by atoms with Crippen molar-refractivity contribution in [2.75, 3.05) is 25.0 Å². The third kappa shape index (κ3) is 3.17. The van der Waals surface area contributed by atoms with Gasteiger partial charge in [-0.3, -0.25) is 0 Å². The summed E-state index contributed by atoms with van der Waals surface area (Å²) in [6, 6.07) is 8.02. The normalized spacial score (nSPS) is 11.3. The molecular formula is C12H15N5. The molecule has 1 atom stereocenters. The molecule has 88 valence electrons. The maximum Gasteiger partial charge on any atom is 0.135 e. The van der Waals surface area contributed by atoms with Crippen LogP contribution in [0.15, 0.2) is 18.3 Å². The highest BCUT2D eigenvalue weighted by atomic mass is 15.2. The molecule has 5 nitrogen and oxygen atoms in total. The lowest BCUT2D eigenvalue weighted by Gasteiger charge is -2.22. The Morgan fingerprint density at radius 3 is 2.59 bits per heavy atom. The van der Waals surface area contributed by atoms with Gasteiger partial charge in [0.1, 0.15) is 18.9 Å². The molecule has 0 bridgehead atoms. The summed E-state index contributed by atoms with van der Waals surface area (Å²) >= 11 is 0. The standard InChI is InChI=1S/C12H15N5/c1-10(15-2)11-4-3-7-16-12(11)17(8-5-13)9-6-14/h3-4,7,10,15H,8-9H2,1-2H3. The number of hydrogen-bond donors (Lipinski definition) is 1. The van der Waals surface area contributed by atoms with Gasteiger partial charge in [0.05, 0.1) is 12.1 Å². The van der Waals surface area contributed by atoms with Crippen molar-refractivity contribution in [3.63, 3.8) is 0 Å². The second kappa shape index (κ2) is 6.47. The van der Waals surface area contributed by atoms with Gasteiger partial charge in [-0.1, -0.05) is 6.07 Å². The lowest BCUT2D eigenvalue weighted by molar-refractivity contribution is 0.647. The van der Waals surface area contributed by atoms with Gasteiger partial charge in [-0.15, -0.1) is 0 Å². The van der Waals surface area contributed by atoms with E-state index in [1.54, 1.807) is 11.1 Å². The summed E-state index contributed by atoms with van der Waals surface area (Å²) in [6.45, 7) is 2.33. The molecule has 0 fully saturated rings. The average Bonchev–Trinajstić information content (AvgIpc) is 2.37. The fourth-order valence-electron chi connectivity index (χ4n) is 1.54. The maximum absolute atomic E-state index is 8.77. The van der Waals surface area contributed by atoms with Crippen LogP contribution in [0, 0.1) is 22.7 Å². The van der Waals surface area contributed by atoms with E-state index < -0.39 is 0 Å². The van der Waals surface area contributed by atoms with Crippen molar-refractivity contribution >= 4 is 5.82 Å². The molecule has 5 heteroatoms. The van der Waals surface area contributed by atoms with Gasteiger partial charge in [-0.05, 0) is 20.0 Å². The average molecular weight is 229 g/mol. The minimum absolute atomic E-state index is 0.124. The van der Waals surface area contributed by atoms with Gasteiger partial charge >= 0.3 is 0 Å². The summed E-state index contributed by atoms with van der Waals surface area (Å²) in [4.78, 5) is 5.94. The van der Waals surface area contributed by atoms with Crippen LogP contribution in [0.1, 0.15) is 18.5 Å². The minimum Gasteiger partial charge on any atom is -0.330 e. The lowest BCUT2D eigenvalue weighted by atomic mass is 10.1. The molecule has 0 saturated carbocycles. The van der Waals surface area contributed by atoms with Crippen molar-refractivity contribution in [1.29, 1.82) is 10.5 Å². The van der Waals surface area contributed by atoms with Crippen LogP contribution in [0.2, 0.25) is 0 Å². The first-order valence-corrected chi connectivity index (χ1v) is 5.35. The highest BCUT2D eigenvalue weighted by Gasteiger charge is 2.15. The highest BCUT2D eigenvalue weighted by Crippen LogP contribution is 2.23. The first kappa shape index (κ1) is 13.0. The van der Waals surface area contributed by atoms with Gasteiger partial charge in [-0.25, -0.2) is 4.98 Å². The number of nitrogens with one attached hydrogen (secondary N) is 1. The molecule has 0 aliphatic heterocycles. The third-order valence-corrected chi connectivity index (χ3v) is 2.54. The summed E-state index contributed by atoms with van der Waals surface area (Å²) < 4.78 is 0. The Morgan fingerprint density at radius 2 is 2.06 bits per heavy atom. The zero-order valence-electron chi connectivity index (χ0n) is 10.0. The van der Waals surface area contributed by atoms with Gasteiger partial charge in [-0.2, -0.15) is 10.5 Å². The molecular weight excluding hydrogens is 214 g/mol. The largest absolute Gasteiger partial charge is 0.330 e. The summed E-state index contributed by atoms with van der Waals surface area (Å²) in [5.41, 5.74) is 0.987. The Kier molecular flexibility index (Phi) is 4.93.